The predicted octanol–water partition coefficient (Wildman–Crippen LogP) is 0.339. The average Bonchev–Trinajstić information content (AvgIpc) is 2.53. The van der Waals surface area contributed by atoms with Crippen molar-refractivity contribution in [1.29, 1.82) is 0 Å². The van der Waals surface area contributed by atoms with Crippen molar-refractivity contribution in [2.75, 3.05) is 24.2 Å². The number of aliphatic hydroxyl groups is 2. The zero-order chi connectivity index (χ0) is 13.1. The summed E-state index contributed by atoms with van der Waals surface area (Å²) in [6.45, 7) is 6.15. The molecule has 0 saturated heterocycles. The molecule has 0 aliphatic carbocycles. The highest BCUT2D eigenvalue weighted by atomic mass is 16.3. The van der Waals surface area contributed by atoms with E-state index in [-0.39, 0.29) is 13.2 Å². The van der Waals surface area contributed by atoms with Crippen LogP contribution in [0.25, 0.3) is 0 Å². The van der Waals surface area contributed by atoms with E-state index in [0.29, 0.717) is 11.5 Å². The first-order valence-electron chi connectivity index (χ1n) is 5.81. The van der Waals surface area contributed by atoms with Crippen LogP contribution in [0.4, 0.5) is 11.5 Å². The predicted molar refractivity (Wildman–Crippen MR) is 67.9 cm³/mol. The molecule has 1 atom stereocenters. The largest absolute Gasteiger partial charge is 0.394 e. The Balaban J connectivity index is 2.82. The molecule has 1 rings (SSSR count). The summed E-state index contributed by atoms with van der Waals surface area (Å²) in [6, 6.07) is 0. The Labute approximate surface area is 101 Å². The van der Waals surface area contributed by atoms with Crippen LogP contribution in [0, 0.1) is 6.92 Å². The van der Waals surface area contributed by atoms with Gasteiger partial charge in [0.15, 0.2) is 0 Å². The fraction of sp³-hybridized carbons (Fsp3) is 0.727. The quantitative estimate of drug-likeness (QED) is 0.577. The fourth-order valence-electron chi connectivity index (χ4n) is 1.49. The van der Waals surface area contributed by atoms with Crippen LogP contribution in [-0.2, 0) is 6.54 Å². The van der Waals surface area contributed by atoms with Crippen LogP contribution < -0.4 is 11.1 Å². The third-order valence-electron chi connectivity index (χ3n) is 2.59. The highest BCUT2D eigenvalue weighted by Crippen LogP contribution is 2.23. The number of aliphatic hydroxyl groups excluding tert-OH is 1. The first kappa shape index (κ1) is 13.8. The number of nitrogens with two attached hydrogens (primary N) is 1. The van der Waals surface area contributed by atoms with Crippen molar-refractivity contribution in [3.05, 3.63) is 5.69 Å². The van der Waals surface area contributed by atoms with Crippen molar-refractivity contribution in [2.45, 2.75) is 39.3 Å². The summed E-state index contributed by atoms with van der Waals surface area (Å²) < 4.78 is 1.79. The van der Waals surface area contributed by atoms with Crippen LogP contribution in [0.1, 0.15) is 26.0 Å². The Hall–Kier alpha value is -1.27. The van der Waals surface area contributed by atoms with E-state index in [1.807, 2.05) is 6.92 Å². The molecule has 0 bridgehead atoms. The number of aromatic nitrogens is 2. The second kappa shape index (κ2) is 5.37. The molecule has 0 radical (unpaired) electrons. The van der Waals surface area contributed by atoms with Crippen molar-refractivity contribution in [1.82, 2.24) is 9.78 Å². The van der Waals surface area contributed by atoms with Gasteiger partial charge in [-0.2, -0.15) is 5.10 Å². The van der Waals surface area contributed by atoms with Gasteiger partial charge in [-0.05, 0) is 20.3 Å². The number of hydrogen-bond donors (Lipinski definition) is 4. The SMILES string of the molecule is CCCn1nc(C)c(N)c1NCC(C)(O)CO. The van der Waals surface area contributed by atoms with E-state index in [4.69, 9.17) is 10.8 Å². The lowest BCUT2D eigenvalue weighted by atomic mass is 10.1. The van der Waals surface area contributed by atoms with Crippen LogP contribution in [0.15, 0.2) is 0 Å². The van der Waals surface area contributed by atoms with E-state index in [2.05, 4.69) is 17.3 Å². The first-order valence-corrected chi connectivity index (χ1v) is 5.81. The summed E-state index contributed by atoms with van der Waals surface area (Å²) in [6.07, 6.45) is 0.950. The highest BCUT2D eigenvalue weighted by molar-refractivity contribution is 5.64. The maximum absolute atomic E-state index is 9.72. The average molecular weight is 242 g/mol. The Bertz CT molecular complexity index is 374. The van der Waals surface area contributed by atoms with Crippen LogP contribution in [0.3, 0.4) is 0 Å². The van der Waals surface area contributed by atoms with Crippen molar-refractivity contribution in [3.8, 4) is 0 Å². The first-order chi connectivity index (χ1) is 7.91. The lowest BCUT2D eigenvalue weighted by molar-refractivity contribution is 0.0131. The van der Waals surface area contributed by atoms with Crippen LogP contribution in [0.5, 0.6) is 0 Å². The number of nitrogens with one attached hydrogen (secondary N) is 1. The zero-order valence-corrected chi connectivity index (χ0v) is 10.7. The Kier molecular flexibility index (Phi) is 4.36. The molecule has 0 spiro atoms. The second-order valence-electron chi connectivity index (χ2n) is 4.58. The van der Waals surface area contributed by atoms with Crippen molar-refractivity contribution in [3.63, 3.8) is 0 Å². The van der Waals surface area contributed by atoms with Gasteiger partial charge in [0.25, 0.3) is 0 Å². The van der Waals surface area contributed by atoms with Crippen LogP contribution >= 0.6 is 0 Å². The van der Waals surface area contributed by atoms with Crippen molar-refractivity contribution >= 4 is 11.5 Å². The van der Waals surface area contributed by atoms with Crippen molar-refractivity contribution in [2.24, 2.45) is 0 Å². The number of rotatable bonds is 6. The number of nitrogens with zero attached hydrogens (tertiary/aromatic N) is 2. The third-order valence-corrected chi connectivity index (χ3v) is 2.59. The minimum atomic E-state index is -1.17. The smallest absolute Gasteiger partial charge is 0.148 e. The molecular formula is C11H22N4O2. The van der Waals surface area contributed by atoms with Crippen LogP contribution in [0.2, 0.25) is 0 Å². The van der Waals surface area contributed by atoms with Gasteiger partial charge in [-0.1, -0.05) is 6.92 Å². The highest BCUT2D eigenvalue weighted by Gasteiger charge is 2.20. The summed E-state index contributed by atoms with van der Waals surface area (Å²) in [4.78, 5) is 0. The molecule has 0 aliphatic heterocycles. The van der Waals surface area contributed by atoms with Gasteiger partial charge >= 0.3 is 0 Å². The number of hydrogen-bond acceptors (Lipinski definition) is 5. The lowest BCUT2D eigenvalue weighted by Gasteiger charge is -2.21. The van der Waals surface area contributed by atoms with E-state index >= 15 is 0 Å². The summed E-state index contributed by atoms with van der Waals surface area (Å²) >= 11 is 0. The summed E-state index contributed by atoms with van der Waals surface area (Å²) in [5, 5.41) is 26.1. The van der Waals surface area contributed by atoms with E-state index in [1.165, 1.54) is 0 Å². The van der Waals surface area contributed by atoms with Gasteiger partial charge in [0.1, 0.15) is 11.4 Å². The van der Waals surface area contributed by atoms with Gasteiger partial charge in [-0.3, -0.25) is 0 Å². The molecule has 0 aliphatic rings. The topological polar surface area (TPSA) is 96.3 Å². The minimum absolute atomic E-state index is 0.225. The molecule has 17 heavy (non-hydrogen) atoms. The molecule has 0 amide bonds. The molecule has 0 saturated carbocycles. The van der Waals surface area contributed by atoms with E-state index in [9.17, 15) is 5.11 Å². The molecule has 1 unspecified atom stereocenters. The molecule has 6 nitrogen and oxygen atoms in total. The molecule has 1 aromatic heterocycles. The van der Waals surface area contributed by atoms with E-state index in [1.54, 1.807) is 11.6 Å². The number of nitrogen functional groups attached to an aromatic ring is 1. The molecule has 5 N–H and O–H groups in total. The molecule has 0 fully saturated rings. The van der Waals surface area contributed by atoms with Gasteiger partial charge in [-0.25, -0.2) is 4.68 Å². The van der Waals surface area contributed by atoms with Gasteiger partial charge in [0, 0.05) is 13.1 Å². The van der Waals surface area contributed by atoms with Gasteiger partial charge in [0.05, 0.1) is 18.0 Å². The standard InChI is InChI=1S/C11H22N4O2/c1-4-5-15-10(9(12)8(2)14-15)13-6-11(3,17)7-16/h13,16-17H,4-7,12H2,1-3H3. The lowest BCUT2D eigenvalue weighted by Crippen LogP contribution is -2.37. The van der Waals surface area contributed by atoms with Gasteiger partial charge in [-0.15, -0.1) is 0 Å². The van der Waals surface area contributed by atoms with Gasteiger partial charge in [0.2, 0.25) is 0 Å². The zero-order valence-electron chi connectivity index (χ0n) is 10.7. The summed E-state index contributed by atoms with van der Waals surface area (Å²) in [5.74, 6) is 0.707. The minimum Gasteiger partial charge on any atom is -0.394 e. The van der Waals surface area contributed by atoms with Gasteiger partial charge < -0.3 is 21.3 Å². The fourth-order valence-corrected chi connectivity index (χ4v) is 1.49. The molecule has 98 valence electrons. The number of anilines is 2. The molecule has 6 heteroatoms. The Morgan fingerprint density at radius 2 is 2.18 bits per heavy atom. The maximum Gasteiger partial charge on any atom is 0.148 e. The molecular weight excluding hydrogens is 220 g/mol. The Morgan fingerprint density at radius 1 is 1.53 bits per heavy atom. The normalized spacial score (nSPS) is 14.6. The number of aryl methyl sites for hydroxylation is 2. The maximum atomic E-state index is 9.72. The monoisotopic (exact) mass is 242 g/mol. The third kappa shape index (κ3) is 3.34. The summed E-state index contributed by atoms with van der Waals surface area (Å²) in [5.41, 5.74) is 6.11. The van der Waals surface area contributed by atoms with Crippen LogP contribution in [-0.4, -0.2) is 38.7 Å². The van der Waals surface area contributed by atoms with Crippen molar-refractivity contribution < 1.29 is 10.2 Å². The second-order valence-corrected chi connectivity index (χ2v) is 4.58. The van der Waals surface area contributed by atoms with E-state index in [0.717, 1.165) is 18.7 Å². The molecule has 1 heterocycles. The molecule has 0 aromatic carbocycles. The Morgan fingerprint density at radius 3 is 2.71 bits per heavy atom. The summed E-state index contributed by atoms with van der Waals surface area (Å²) in [7, 11) is 0. The van der Waals surface area contributed by atoms with E-state index < -0.39 is 5.60 Å². The molecule has 1 aromatic rings.